The first-order valence-electron chi connectivity index (χ1n) is 5.33. The number of hydrogen-bond acceptors (Lipinski definition) is 3. The summed E-state index contributed by atoms with van der Waals surface area (Å²) in [6.07, 6.45) is 0.309. The average Bonchev–Trinajstić information content (AvgIpc) is 2.25. The Morgan fingerprint density at radius 3 is 2.65 bits per heavy atom. The number of aryl methyl sites for hydroxylation is 1. The Labute approximate surface area is 99.8 Å². The highest BCUT2D eigenvalue weighted by atomic mass is 16.4. The van der Waals surface area contributed by atoms with Crippen LogP contribution in [0.3, 0.4) is 0 Å². The molecule has 0 spiro atoms. The molecule has 0 aliphatic carbocycles. The first-order chi connectivity index (χ1) is 8.06. The van der Waals surface area contributed by atoms with Gasteiger partial charge in [0.2, 0.25) is 5.91 Å². The minimum atomic E-state index is -1.04. The zero-order valence-corrected chi connectivity index (χ0v) is 9.91. The zero-order chi connectivity index (χ0) is 12.8. The molecule has 3 N–H and O–H groups in total. The molecule has 92 valence electrons. The molecule has 1 amide bonds. The molecule has 5 nitrogen and oxygen atoms in total. The van der Waals surface area contributed by atoms with Gasteiger partial charge in [-0.05, 0) is 25.6 Å². The summed E-state index contributed by atoms with van der Waals surface area (Å²) in [5.74, 6) is -1.24. The lowest BCUT2D eigenvalue weighted by molar-refractivity contribution is -0.116. The van der Waals surface area contributed by atoms with Crippen molar-refractivity contribution in [3.05, 3.63) is 29.3 Å². The van der Waals surface area contributed by atoms with E-state index >= 15 is 0 Å². The largest absolute Gasteiger partial charge is 0.478 e. The molecule has 17 heavy (non-hydrogen) atoms. The number of carbonyl (C=O) groups excluding carboxylic acids is 1. The van der Waals surface area contributed by atoms with Crippen molar-refractivity contribution in [3.8, 4) is 0 Å². The molecular weight excluding hydrogens is 220 g/mol. The van der Waals surface area contributed by atoms with Gasteiger partial charge >= 0.3 is 5.97 Å². The van der Waals surface area contributed by atoms with Crippen molar-refractivity contribution in [3.63, 3.8) is 0 Å². The molecule has 0 atom stereocenters. The van der Waals surface area contributed by atoms with E-state index in [0.717, 1.165) is 0 Å². The predicted octanol–water partition coefficient (Wildman–Crippen LogP) is 1.24. The number of nitrogens with one attached hydrogen (secondary N) is 2. The normalized spacial score (nSPS) is 10.0. The first kappa shape index (κ1) is 13.2. The van der Waals surface area contributed by atoms with E-state index in [9.17, 15) is 9.59 Å². The van der Waals surface area contributed by atoms with Gasteiger partial charge in [0.15, 0.2) is 0 Å². The Hall–Kier alpha value is -1.88. The number of hydrogen-bond donors (Lipinski definition) is 3. The number of anilines is 1. The van der Waals surface area contributed by atoms with Gasteiger partial charge in [0.25, 0.3) is 0 Å². The standard InChI is InChI=1S/C12H16N2O3/c1-8-4-3-5-9(11(8)12(16)17)14-10(15)6-7-13-2/h3-5,13H,6-7H2,1-2H3,(H,14,15)(H,16,17). The summed E-state index contributed by atoms with van der Waals surface area (Å²) in [6.45, 7) is 2.26. The summed E-state index contributed by atoms with van der Waals surface area (Å²) >= 11 is 0. The summed E-state index contributed by atoms with van der Waals surface area (Å²) in [4.78, 5) is 22.6. The quantitative estimate of drug-likeness (QED) is 0.718. The van der Waals surface area contributed by atoms with Crippen LogP contribution in [0.1, 0.15) is 22.3 Å². The molecule has 0 fully saturated rings. The van der Waals surface area contributed by atoms with Crippen molar-refractivity contribution in [2.75, 3.05) is 18.9 Å². The van der Waals surface area contributed by atoms with Crippen LogP contribution >= 0.6 is 0 Å². The third-order valence-corrected chi connectivity index (χ3v) is 2.36. The average molecular weight is 236 g/mol. The van der Waals surface area contributed by atoms with Crippen molar-refractivity contribution >= 4 is 17.6 Å². The van der Waals surface area contributed by atoms with Gasteiger partial charge in [0.1, 0.15) is 0 Å². The Kier molecular flexibility index (Phi) is 4.66. The van der Waals surface area contributed by atoms with E-state index in [4.69, 9.17) is 5.11 Å². The van der Waals surface area contributed by atoms with Gasteiger partial charge in [0, 0.05) is 13.0 Å². The van der Waals surface area contributed by atoms with E-state index < -0.39 is 5.97 Å². The SMILES string of the molecule is CNCCC(=O)Nc1cccc(C)c1C(=O)O. The molecule has 1 rings (SSSR count). The summed E-state index contributed by atoms with van der Waals surface area (Å²) in [5, 5.41) is 14.5. The summed E-state index contributed by atoms with van der Waals surface area (Å²) in [5.41, 5.74) is 1.12. The van der Waals surface area contributed by atoms with Crippen molar-refractivity contribution in [2.24, 2.45) is 0 Å². The molecule has 0 saturated heterocycles. The highest BCUT2D eigenvalue weighted by molar-refractivity contribution is 6.01. The van der Waals surface area contributed by atoms with Gasteiger partial charge in [-0.15, -0.1) is 0 Å². The predicted molar refractivity (Wildman–Crippen MR) is 65.3 cm³/mol. The van der Waals surface area contributed by atoms with Crippen molar-refractivity contribution < 1.29 is 14.7 Å². The maximum atomic E-state index is 11.5. The van der Waals surface area contributed by atoms with Crippen LogP contribution in [0, 0.1) is 6.92 Å². The third-order valence-electron chi connectivity index (χ3n) is 2.36. The Morgan fingerprint density at radius 2 is 2.06 bits per heavy atom. The van der Waals surface area contributed by atoms with E-state index in [1.54, 1.807) is 32.2 Å². The zero-order valence-electron chi connectivity index (χ0n) is 9.91. The number of rotatable bonds is 5. The monoisotopic (exact) mass is 236 g/mol. The fourth-order valence-electron chi connectivity index (χ4n) is 1.51. The lowest BCUT2D eigenvalue weighted by Gasteiger charge is -2.10. The van der Waals surface area contributed by atoms with E-state index in [0.29, 0.717) is 24.2 Å². The first-order valence-corrected chi connectivity index (χ1v) is 5.33. The molecule has 0 aliphatic heterocycles. The van der Waals surface area contributed by atoms with Crippen LogP contribution in [-0.4, -0.2) is 30.6 Å². The lowest BCUT2D eigenvalue weighted by Crippen LogP contribution is -2.20. The summed E-state index contributed by atoms with van der Waals surface area (Å²) in [6, 6.07) is 5.01. The third kappa shape index (κ3) is 3.57. The van der Waals surface area contributed by atoms with Gasteiger partial charge in [0.05, 0.1) is 11.3 Å². The van der Waals surface area contributed by atoms with Crippen LogP contribution in [0.2, 0.25) is 0 Å². The number of aromatic carboxylic acids is 1. The van der Waals surface area contributed by atoms with Gasteiger partial charge in [-0.1, -0.05) is 12.1 Å². The fourth-order valence-corrected chi connectivity index (χ4v) is 1.51. The van der Waals surface area contributed by atoms with Crippen LogP contribution in [0.25, 0.3) is 0 Å². The molecule has 0 bridgehead atoms. The van der Waals surface area contributed by atoms with Gasteiger partial charge in [-0.3, -0.25) is 4.79 Å². The topological polar surface area (TPSA) is 78.4 Å². The number of benzene rings is 1. The van der Waals surface area contributed by atoms with Crippen molar-refractivity contribution in [1.29, 1.82) is 0 Å². The van der Waals surface area contributed by atoms with Gasteiger partial charge in [-0.2, -0.15) is 0 Å². The molecule has 0 radical (unpaired) electrons. The van der Waals surface area contributed by atoms with Crippen LogP contribution in [0.5, 0.6) is 0 Å². The Balaban J connectivity index is 2.87. The van der Waals surface area contributed by atoms with Crippen LogP contribution in [0.4, 0.5) is 5.69 Å². The van der Waals surface area contributed by atoms with Crippen LogP contribution < -0.4 is 10.6 Å². The second-order valence-corrected chi connectivity index (χ2v) is 3.70. The second kappa shape index (κ2) is 6.00. The highest BCUT2D eigenvalue weighted by Crippen LogP contribution is 2.19. The van der Waals surface area contributed by atoms with Crippen LogP contribution in [-0.2, 0) is 4.79 Å². The second-order valence-electron chi connectivity index (χ2n) is 3.70. The molecule has 0 unspecified atom stereocenters. The molecule has 5 heteroatoms. The number of carboxylic acids is 1. The van der Waals surface area contributed by atoms with Gasteiger partial charge < -0.3 is 15.7 Å². The van der Waals surface area contributed by atoms with E-state index in [1.165, 1.54) is 0 Å². The number of amides is 1. The number of carboxylic acid groups (broad SMARTS) is 1. The molecule has 1 aromatic rings. The Morgan fingerprint density at radius 1 is 1.35 bits per heavy atom. The molecule has 0 heterocycles. The maximum Gasteiger partial charge on any atom is 0.338 e. The Bertz CT molecular complexity index is 430. The smallest absolute Gasteiger partial charge is 0.338 e. The maximum absolute atomic E-state index is 11.5. The lowest BCUT2D eigenvalue weighted by atomic mass is 10.1. The molecule has 0 aliphatic rings. The van der Waals surface area contributed by atoms with Gasteiger partial charge in [-0.25, -0.2) is 4.79 Å². The van der Waals surface area contributed by atoms with Crippen LogP contribution in [0.15, 0.2) is 18.2 Å². The number of carbonyl (C=O) groups is 2. The molecular formula is C12H16N2O3. The van der Waals surface area contributed by atoms with Crippen molar-refractivity contribution in [1.82, 2.24) is 5.32 Å². The fraction of sp³-hybridized carbons (Fsp3) is 0.333. The van der Waals surface area contributed by atoms with E-state index in [-0.39, 0.29) is 11.5 Å². The summed E-state index contributed by atoms with van der Waals surface area (Å²) < 4.78 is 0. The van der Waals surface area contributed by atoms with E-state index in [2.05, 4.69) is 10.6 Å². The molecule has 0 aromatic heterocycles. The highest BCUT2D eigenvalue weighted by Gasteiger charge is 2.14. The van der Waals surface area contributed by atoms with Crippen molar-refractivity contribution in [2.45, 2.75) is 13.3 Å². The van der Waals surface area contributed by atoms with E-state index in [1.807, 2.05) is 0 Å². The molecule has 1 aromatic carbocycles. The minimum Gasteiger partial charge on any atom is -0.478 e. The summed E-state index contributed by atoms with van der Waals surface area (Å²) in [7, 11) is 1.75. The minimum absolute atomic E-state index is 0.144. The molecule has 0 saturated carbocycles.